The lowest BCUT2D eigenvalue weighted by molar-refractivity contribution is 0.0963. The predicted octanol–water partition coefficient (Wildman–Crippen LogP) is 1.87. The van der Waals surface area contributed by atoms with Gasteiger partial charge in [-0.2, -0.15) is 0 Å². The lowest BCUT2D eigenvalue weighted by Gasteiger charge is -2.17. The number of sulfonamides is 1. The predicted molar refractivity (Wildman–Crippen MR) is 87.4 cm³/mol. The van der Waals surface area contributed by atoms with E-state index in [-0.39, 0.29) is 16.8 Å². The van der Waals surface area contributed by atoms with Gasteiger partial charge in [0.05, 0.1) is 4.90 Å². The van der Waals surface area contributed by atoms with Crippen LogP contribution in [0.15, 0.2) is 53.7 Å². The second-order valence-electron chi connectivity index (χ2n) is 4.97. The Balaban J connectivity index is 2.22. The van der Waals surface area contributed by atoms with Crippen molar-refractivity contribution >= 4 is 15.9 Å². The summed E-state index contributed by atoms with van der Waals surface area (Å²) in [4.78, 5) is 15.6. The van der Waals surface area contributed by atoms with E-state index in [1.54, 1.807) is 24.5 Å². The number of hydrogen-bond acceptors (Lipinski definition) is 4. The fraction of sp³-hybridized carbons (Fsp3) is 0.250. The monoisotopic (exact) mass is 333 g/mol. The SMILES string of the molecule is CCC(NS(=O)(=O)c1ccc(C(=O)NC)cc1)c1ccncc1. The van der Waals surface area contributed by atoms with Crippen molar-refractivity contribution in [3.8, 4) is 0 Å². The summed E-state index contributed by atoms with van der Waals surface area (Å²) >= 11 is 0. The topological polar surface area (TPSA) is 88.2 Å². The van der Waals surface area contributed by atoms with Crippen LogP contribution in [0.25, 0.3) is 0 Å². The molecule has 2 N–H and O–H groups in total. The molecule has 23 heavy (non-hydrogen) atoms. The minimum Gasteiger partial charge on any atom is -0.355 e. The average Bonchev–Trinajstić information content (AvgIpc) is 2.60. The second-order valence-corrected chi connectivity index (χ2v) is 6.68. The van der Waals surface area contributed by atoms with Crippen LogP contribution in [-0.2, 0) is 10.0 Å². The van der Waals surface area contributed by atoms with Crippen molar-refractivity contribution < 1.29 is 13.2 Å². The molecule has 0 saturated carbocycles. The Kier molecular flexibility index (Phi) is 5.46. The number of hydrogen-bond donors (Lipinski definition) is 2. The van der Waals surface area contributed by atoms with Crippen LogP contribution in [-0.4, -0.2) is 26.4 Å². The number of pyridine rings is 1. The Morgan fingerprint density at radius 2 is 1.74 bits per heavy atom. The number of benzene rings is 1. The number of nitrogens with one attached hydrogen (secondary N) is 2. The molecule has 0 aliphatic rings. The lowest BCUT2D eigenvalue weighted by Crippen LogP contribution is -2.28. The van der Waals surface area contributed by atoms with Crippen molar-refractivity contribution in [3.63, 3.8) is 0 Å². The quantitative estimate of drug-likeness (QED) is 0.845. The summed E-state index contributed by atoms with van der Waals surface area (Å²) in [5.74, 6) is -0.259. The first-order valence-electron chi connectivity index (χ1n) is 7.22. The van der Waals surface area contributed by atoms with Gasteiger partial charge >= 0.3 is 0 Å². The lowest BCUT2D eigenvalue weighted by atomic mass is 10.1. The zero-order valence-electron chi connectivity index (χ0n) is 13.0. The third-order valence-corrected chi connectivity index (χ3v) is 4.96. The second kappa shape index (κ2) is 7.34. The molecule has 6 nitrogen and oxygen atoms in total. The summed E-state index contributed by atoms with van der Waals surface area (Å²) in [6, 6.07) is 9.05. The maximum absolute atomic E-state index is 12.5. The molecule has 1 unspecified atom stereocenters. The summed E-state index contributed by atoms with van der Waals surface area (Å²) in [5.41, 5.74) is 1.26. The molecular formula is C16H19N3O3S. The highest BCUT2D eigenvalue weighted by molar-refractivity contribution is 7.89. The molecule has 122 valence electrons. The van der Waals surface area contributed by atoms with E-state index in [4.69, 9.17) is 0 Å². The average molecular weight is 333 g/mol. The van der Waals surface area contributed by atoms with Crippen molar-refractivity contribution in [3.05, 3.63) is 59.9 Å². The van der Waals surface area contributed by atoms with Crippen molar-refractivity contribution in [2.24, 2.45) is 0 Å². The van der Waals surface area contributed by atoms with Gasteiger partial charge < -0.3 is 5.32 Å². The van der Waals surface area contributed by atoms with Crippen LogP contribution in [0.2, 0.25) is 0 Å². The standard InChI is InChI=1S/C16H19N3O3S/c1-3-15(12-8-10-18-11-9-12)19-23(21,22)14-6-4-13(5-7-14)16(20)17-2/h4-11,15,19H,3H2,1-2H3,(H,17,20). The van der Waals surface area contributed by atoms with Gasteiger partial charge in [-0.1, -0.05) is 6.92 Å². The van der Waals surface area contributed by atoms with Gasteiger partial charge in [-0.05, 0) is 48.4 Å². The molecule has 0 bridgehead atoms. The first-order valence-corrected chi connectivity index (χ1v) is 8.70. The molecule has 1 atom stereocenters. The van der Waals surface area contributed by atoms with Crippen LogP contribution in [0.4, 0.5) is 0 Å². The number of amides is 1. The Morgan fingerprint density at radius 3 is 2.26 bits per heavy atom. The van der Waals surface area contributed by atoms with E-state index >= 15 is 0 Å². The van der Waals surface area contributed by atoms with Gasteiger partial charge in [-0.3, -0.25) is 9.78 Å². The molecule has 1 heterocycles. The first kappa shape index (κ1) is 17.1. The van der Waals surface area contributed by atoms with Crippen LogP contribution in [0, 0.1) is 0 Å². The van der Waals surface area contributed by atoms with E-state index < -0.39 is 10.0 Å². The maximum Gasteiger partial charge on any atom is 0.251 e. The molecule has 1 amide bonds. The number of carbonyl (C=O) groups is 1. The van der Waals surface area contributed by atoms with Gasteiger partial charge in [-0.15, -0.1) is 0 Å². The molecule has 7 heteroatoms. The molecule has 0 aliphatic carbocycles. The minimum absolute atomic E-state index is 0.123. The Bertz CT molecular complexity index is 759. The van der Waals surface area contributed by atoms with Gasteiger partial charge in [0.15, 0.2) is 0 Å². The maximum atomic E-state index is 12.5. The highest BCUT2D eigenvalue weighted by Crippen LogP contribution is 2.19. The molecule has 0 fully saturated rings. The van der Waals surface area contributed by atoms with Crippen LogP contribution >= 0.6 is 0 Å². The van der Waals surface area contributed by atoms with Crippen LogP contribution in [0.1, 0.15) is 35.3 Å². The molecule has 1 aromatic carbocycles. The zero-order valence-corrected chi connectivity index (χ0v) is 13.8. The van der Waals surface area contributed by atoms with Crippen molar-refractivity contribution in [2.45, 2.75) is 24.3 Å². The van der Waals surface area contributed by atoms with Gasteiger partial charge in [0.2, 0.25) is 10.0 Å². The van der Waals surface area contributed by atoms with Crippen molar-refractivity contribution in [1.29, 1.82) is 0 Å². The third-order valence-electron chi connectivity index (χ3n) is 3.47. The molecule has 1 aromatic heterocycles. The third kappa shape index (κ3) is 4.14. The summed E-state index contributed by atoms with van der Waals surface area (Å²) < 4.78 is 27.7. The summed E-state index contributed by atoms with van der Waals surface area (Å²) in [5, 5.41) is 2.49. The minimum atomic E-state index is -3.67. The number of aromatic nitrogens is 1. The molecule has 2 aromatic rings. The van der Waals surface area contributed by atoms with Crippen molar-refractivity contribution in [2.75, 3.05) is 7.05 Å². The normalized spacial score (nSPS) is 12.6. The van der Waals surface area contributed by atoms with Gasteiger partial charge in [0.25, 0.3) is 5.91 Å². The smallest absolute Gasteiger partial charge is 0.251 e. The van der Waals surface area contributed by atoms with E-state index in [9.17, 15) is 13.2 Å². The number of rotatable bonds is 6. The number of nitrogens with zero attached hydrogens (tertiary/aromatic N) is 1. The molecule has 0 saturated heterocycles. The first-order chi connectivity index (χ1) is 11.0. The summed E-state index contributed by atoms with van der Waals surface area (Å²) in [7, 11) is -2.15. The largest absolute Gasteiger partial charge is 0.355 e. The summed E-state index contributed by atoms with van der Waals surface area (Å²) in [6.07, 6.45) is 3.87. The molecule has 0 aliphatic heterocycles. The highest BCUT2D eigenvalue weighted by atomic mass is 32.2. The van der Waals surface area contributed by atoms with Crippen molar-refractivity contribution in [1.82, 2.24) is 15.0 Å². The molecular weight excluding hydrogens is 314 g/mol. The highest BCUT2D eigenvalue weighted by Gasteiger charge is 2.20. The number of carbonyl (C=O) groups excluding carboxylic acids is 1. The summed E-state index contributed by atoms with van der Waals surface area (Å²) in [6.45, 7) is 1.91. The molecule has 0 spiro atoms. The fourth-order valence-electron chi connectivity index (χ4n) is 2.17. The Hall–Kier alpha value is -2.25. The van der Waals surface area contributed by atoms with Gasteiger partial charge in [-0.25, -0.2) is 13.1 Å². The van der Waals surface area contributed by atoms with E-state index in [0.29, 0.717) is 12.0 Å². The fourth-order valence-corrected chi connectivity index (χ4v) is 3.48. The van der Waals surface area contributed by atoms with E-state index in [1.165, 1.54) is 31.3 Å². The van der Waals surface area contributed by atoms with E-state index in [0.717, 1.165) is 5.56 Å². The Morgan fingerprint density at radius 1 is 1.13 bits per heavy atom. The molecule has 0 radical (unpaired) electrons. The van der Waals surface area contributed by atoms with Gasteiger partial charge in [0.1, 0.15) is 0 Å². The van der Waals surface area contributed by atoms with E-state index in [1.807, 2.05) is 6.92 Å². The molecule has 2 rings (SSSR count). The Labute approximate surface area is 136 Å². The van der Waals surface area contributed by atoms with E-state index in [2.05, 4.69) is 15.0 Å². The van der Waals surface area contributed by atoms with Crippen LogP contribution in [0.3, 0.4) is 0 Å². The van der Waals surface area contributed by atoms with Gasteiger partial charge in [0, 0.05) is 31.0 Å². The van der Waals surface area contributed by atoms with Crippen LogP contribution < -0.4 is 10.0 Å². The van der Waals surface area contributed by atoms with Crippen LogP contribution in [0.5, 0.6) is 0 Å². The zero-order chi connectivity index (χ0) is 16.9.